The van der Waals surface area contributed by atoms with Crippen molar-refractivity contribution >= 4 is 12.1 Å². The van der Waals surface area contributed by atoms with E-state index in [0.29, 0.717) is 36.3 Å². The number of hydrogen-bond donors (Lipinski definition) is 1. The van der Waals surface area contributed by atoms with Crippen molar-refractivity contribution in [3.8, 4) is 0 Å². The second kappa shape index (κ2) is 13.9. The van der Waals surface area contributed by atoms with Crippen LogP contribution in [0.15, 0.2) is 30.3 Å². The number of carbonyl (C=O) groups excluding carboxylic acids is 2. The van der Waals surface area contributed by atoms with Crippen LogP contribution in [0.25, 0.3) is 0 Å². The molecule has 0 spiro atoms. The number of aliphatic hydroxyl groups excluding tert-OH is 1. The van der Waals surface area contributed by atoms with Gasteiger partial charge in [-0.25, -0.2) is 13.6 Å². The summed E-state index contributed by atoms with van der Waals surface area (Å²) >= 11 is 0. The Hall–Kier alpha value is -2.26. The van der Waals surface area contributed by atoms with E-state index in [1.54, 1.807) is 30.3 Å². The van der Waals surface area contributed by atoms with Crippen molar-refractivity contribution in [3.63, 3.8) is 0 Å². The maximum Gasteiger partial charge on any atom is 0.434 e. The number of carbonyl (C=O) groups is 2. The first-order valence-electron chi connectivity index (χ1n) is 9.95. The number of hydrogen-bond acceptors (Lipinski definition) is 6. The quantitative estimate of drug-likeness (QED) is 0.271. The summed E-state index contributed by atoms with van der Waals surface area (Å²) in [6.45, 7) is -1.50. The highest BCUT2D eigenvalue weighted by Crippen LogP contribution is 2.28. The standard InChI is InChI=1S/C21H31F2NO6/c1-28-19(26)14-10-5-3-4-9-13-18(21(22,23)16-25)24(29-2)20(27)30-15-17-11-7-6-8-12-17/h6-8,11-12,18,25H,3-5,9-10,13-16H2,1-2H3/t18-/m1/s1. The molecular formula is C21H31F2NO6. The zero-order valence-corrected chi connectivity index (χ0v) is 17.5. The lowest BCUT2D eigenvalue weighted by atomic mass is 10.0. The predicted octanol–water partition coefficient (Wildman–Crippen LogP) is 4.09. The van der Waals surface area contributed by atoms with Gasteiger partial charge in [0.1, 0.15) is 19.3 Å². The van der Waals surface area contributed by atoms with Crippen LogP contribution < -0.4 is 0 Å². The molecule has 1 aromatic rings. The molecule has 7 nitrogen and oxygen atoms in total. The maximum atomic E-state index is 14.3. The summed E-state index contributed by atoms with van der Waals surface area (Å²) in [6, 6.07) is 7.16. The minimum atomic E-state index is -3.55. The fourth-order valence-electron chi connectivity index (χ4n) is 2.96. The van der Waals surface area contributed by atoms with Gasteiger partial charge in [0, 0.05) is 6.42 Å². The topological polar surface area (TPSA) is 85.3 Å². The van der Waals surface area contributed by atoms with Crippen LogP contribution in [-0.4, -0.2) is 55.0 Å². The van der Waals surface area contributed by atoms with E-state index in [9.17, 15) is 18.4 Å². The van der Waals surface area contributed by atoms with Gasteiger partial charge in [-0.3, -0.25) is 9.63 Å². The van der Waals surface area contributed by atoms with Crippen LogP contribution >= 0.6 is 0 Å². The predicted molar refractivity (Wildman–Crippen MR) is 106 cm³/mol. The van der Waals surface area contributed by atoms with Crippen LogP contribution in [0, 0.1) is 0 Å². The first-order chi connectivity index (χ1) is 14.4. The minimum Gasteiger partial charge on any atom is -0.469 e. The second-order valence-electron chi connectivity index (χ2n) is 6.87. The number of benzene rings is 1. The van der Waals surface area contributed by atoms with Gasteiger partial charge < -0.3 is 14.6 Å². The van der Waals surface area contributed by atoms with Crippen molar-refractivity contribution in [2.24, 2.45) is 0 Å². The summed E-state index contributed by atoms with van der Waals surface area (Å²) in [5, 5.41) is 9.61. The molecule has 9 heteroatoms. The average molecular weight is 431 g/mol. The van der Waals surface area contributed by atoms with E-state index >= 15 is 0 Å². The van der Waals surface area contributed by atoms with Crippen LogP contribution in [-0.2, 0) is 25.7 Å². The van der Waals surface area contributed by atoms with E-state index in [-0.39, 0.29) is 19.0 Å². The average Bonchev–Trinajstić information content (AvgIpc) is 2.76. The summed E-state index contributed by atoms with van der Waals surface area (Å²) in [7, 11) is 2.44. The molecule has 0 aromatic heterocycles. The Morgan fingerprint density at radius 2 is 1.70 bits per heavy atom. The van der Waals surface area contributed by atoms with Gasteiger partial charge in [-0.15, -0.1) is 0 Å². The number of aliphatic hydroxyl groups is 1. The lowest BCUT2D eigenvalue weighted by Crippen LogP contribution is -2.52. The van der Waals surface area contributed by atoms with Crippen LogP contribution in [0.2, 0.25) is 0 Å². The molecule has 0 saturated carbocycles. The number of ether oxygens (including phenoxy) is 2. The Kier molecular flexibility index (Phi) is 11.9. The second-order valence-corrected chi connectivity index (χ2v) is 6.87. The highest BCUT2D eigenvalue weighted by Gasteiger charge is 2.45. The van der Waals surface area contributed by atoms with Crippen molar-refractivity contribution < 1.29 is 37.8 Å². The van der Waals surface area contributed by atoms with Crippen molar-refractivity contribution in [1.29, 1.82) is 0 Å². The largest absolute Gasteiger partial charge is 0.469 e. The third-order valence-electron chi connectivity index (χ3n) is 4.65. The molecule has 1 amide bonds. The fourth-order valence-corrected chi connectivity index (χ4v) is 2.96. The minimum absolute atomic E-state index is 0.0706. The molecule has 30 heavy (non-hydrogen) atoms. The number of hydroxylamine groups is 2. The number of unbranched alkanes of at least 4 members (excludes halogenated alkanes) is 4. The third kappa shape index (κ3) is 9.04. The van der Waals surface area contributed by atoms with Crippen LogP contribution in [0.1, 0.15) is 50.5 Å². The number of methoxy groups -OCH3 is 1. The van der Waals surface area contributed by atoms with E-state index in [0.717, 1.165) is 20.0 Å². The molecule has 0 aliphatic heterocycles. The van der Waals surface area contributed by atoms with E-state index in [2.05, 4.69) is 4.74 Å². The summed E-state index contributed by atoms with van der Waals surface area (Å²) in [6.07, 6.45) is 2.42. The van der Waals surface area contributed by atoms with Gasteiger partial charge in [-0.1, -0.05) is 56.0 Å². The third-order valence-corrected chi connectivity index (χ3v) is 4.65. The zero-order chi connectivity index (χ0) is 22.4. The number of amides is 1. The molecule has 0 unspecified atom stereocenters. The van der Waals surface area contributed by atoms with E-state index < -0.39 is 24.7 Å². The molecule has 1 N–H and O–H groups in total. The van der Waals surface area contributed by atoms with Crippen molar-refractivity contribution in [2.75, 3.05) is 20.8 Å². The van der Waals surface area contributed by atoms with Gasteiger partial charge in [-0.2, -0.15) is 5.06 Å². The highest BCUT2D eigenvalue weighted by molar-refractivity contribution is 5.69. The van der Waals surface area contributed by atoms with Crippen molar-refractivity contribution in [2.45, 2.75) is 63.5 Å². The van der Waals surface area contributed by atoms with E-state index in [1.807, 2.05) is 0 Å². The van der Waals surface area contributed by atoms with E-state index in [4.69, 9.17) is 14.7 Å². The molecule has 0 aliphatic rings. The molecule has 0 heterocycles. The molecule has 1 rings (SSSR count). The molecule has 1 aromatic carbocycles. The SMILES string of the molecule is COC(=O)CCCCCCC[C@@H](N(OC)C(=O)OCc1ccccc1)C(F)(F)CO. The van der Waals surface area contributed by atoms with Crippen LogP contribution in [0.5, 0.6) is 0 Å². The highest BCUT2D eigenvalue weighted by atomic mass is 19.3. The van der Waals surface area contributed by atoms with Gasteiger partial charge in [0.25, 0.3) is 5.92 Å². The van der Waals surface area contributed by atoms with Crippen LogP contribution in [0.3, 0.4) is 0 Å². The number of nitrogens with zero attached hydrogens (tertiary/aromatic N) is 1. The molecule has 0 bridgehead atoms. The summed E-state index contributed by atoms with van der Waals surface area (Å²) in [4.78, 5) is 28.3. The number of halogens is 2. The lowest BCUT2D eigenvalue weighted by Gasteiger charge is -2.33. The summed E-state index contributed by atoms with van der Waals surface area (Å²) in [5.41, 5.74) is 0.708. The first kappa shape index (κ1) is 25.8. The zero-order valence-electron chi connectivity index (χ0n) is 17.5. The summed E-state index contributed by atoms with van der Waals surface area (Å²) in [5.74, 6) is -3.82. The van der Waals surface area contributed by atoms with Gasteiger partial charge in [-0.05, 0) is 18.4 Å². The smallest absolute Gasteiger partial charge is 0.434 e. The fraction of sp³-hybridized carbons (Fsp3) is 0.619. The molecule has 0 fully saturated rings. The number of rotatable bonds is 14. The van der Waals surface area contributed by atoms with Crippen molar-refractivity contribution in [1.82, 2.24) is 5.06 Å². The molecule has 0 saturated heterocycles. The molecule has 0 aliphatic carbocycles. The summed E-state index contributed by atoms with van der Waals surface area (Å²) < 4.78 is 38.3. The number of alkyl halides is 2. The van der Waals surface area contributed by atoms with E-state index in [1.165, 1.54) is 7.11 Å². The molecule has 0 radical (unpaired) electrons. The van der Waals surface area contributed by atoms with Gasteiger partial charge in [0.05, 0.1) is 14.2 Å². The van der Waals surface area contributed by atoms with Crippen LogP contribution in [0.4, 0.5) is 13.6 Å². The molecular weight excluding hydrogens is 400 g/mol. The van der Waals surface area contributed by atoms with Gasteiger partial charge in [0.2, 0.25) is 0 Å². The molecule has 1 atom stereocenters. The Morgan fingerprint density at radius 3 is 2.30 bits per heavy atom. The Balaban J connectivity index is 2.57. The Morgan fingerprint density at radius 1 is 1.07 bits per heavy atom. The Bertz CT molecular complexity index is 629. The Labute approximate surface area is 175 Å². The maximum absolute atomic E-state index is 14.3. The number of esters is 1. The monoisotopic (exact) mass is 431 g/mol. The normalized spacial score (nSPS) is 12.3. The molecule has 170 valence electrons. The van der Waals surface area contributed by atoms with Gasteiger partial charge >= 0.3 is 12.1 Å². The van der Waals surface area contributed by atoms with Crippen molar-refractivity contribution in [3.05, 3.63) is 35.9 Å². The van der Waals surface area contributed by atoms with Gasteiger partial charge in [0.15, 0.2) is 0 Å². The first-order valence-corrected chi connectivity index (χ1v) is 9.95. The lowest BCUT2D eigenvalue weighted by molar-refractivity contribution is -0.211.